The van der Waals surface area contributed by atoms with Gasteiger partial charge in [-0.25, -0.2) is 0 Å². The number of hydrogen-bond donors (Lipinski definition) is 2. The van der Waals surface area contributed by atoms with E-state index >= 15 is 0 Å². The lowest BCUT2D eigenvalue weighted by Gasteiger charge is -2.46. The molecular weight excluding hydrogens is 419 g/mol. The molecule has 1 atom stereocenters. The van der Waals surface area contributed by atoms with Crippen molar-refractivity contribution in [3.63, 3.8) is 0 Å². The molecule has 6 nitrogen and oxygen atoms in total. The second-order valence-electron chi connectivity index (χ2n) is 7.55. The quantitative estimate of drug-likeness (QED) is 0.390. The van der Waals surface area contributed by atoms with Crippen molar-refractivity contribution in [2.75, 3.05) is 46.9 Å². The summed E-state index contributed by atoms with van der Waals surface area (Å²) in [6.07, 6.45) is 4.81. The SMILES string of the molecule is CN=C(NCC(C)(C)C(=O)NC)N1CCCC2(CCCOC2)C1.I. The first-order valence-electron chi connectivity index (χ1n) is 8.68. The molecule has 0 aromatic rings. The molecule has 2 saturated heterocycles. The topological polar surface area (TPSA) is 66.0 Å². The highest BCUT2D eigenvalue weighted by molar-refractivity contribution is 14.0. The number of carbonyl (C=O) groups is 1. The zero-order valence-corrected chi connectivity index (χ0v) is 17.8. The number of piperidine rings is 1. The van der Waals surface area contributed by atoms with Crippen LogP contribution in [-0.4, -0.2) is 63.7 Å². The molecule has 7 heteroatoms. The summed E-state index contributed by atoms with van der Waals surface area (Å²) in [7, 11) is 3.49. The minimum absolute atomic E-state index is 0. The number of hydrogen-bond acceptors (Lipinski definition) is 3. The molecule has 0 radical (unpaired) electrons. The maximum atomic E-state index is 11.9. The maximum Gasteiger partial charge on any atom is 0.227 e. The van der Waals surface area contributed by atoms with E-state index in [0.717, 1.165) is 38.7 Å². The molecule has 2 aliphatic heterocycles. The molecule has 2 heterocycles. The van der Waals surface area contributed by atoms with E-state index < -0.39 is 5.41 Å². The molecule has 1 amide bonds. The van der Waals surface area contributed by atoms with Gasteiger partial charge >= 0.3 is 0 Å². The van der Waals surface area contributed by atoms with Gasteiger partial charge in [-0.3, -0.25) is 9.79 Å². The van der Waals surface area contributed by atoms with Crippen LogP contribution in [0.1, 0.15) is 39.5 Å². The van der Waals surface area contributed by atoms with Gasteiger partial charge in [-0.05, 0) is 39.5 Å². The van der Waals surface area contributed by atoms with E-state index in [2.05, 4.69) is 20.5 Å². The molecule has 2 N–H and O–H groups in total. The Kier molecular flexibility index (Phi) is 8.25. The Morgan fingerprint density at radius 2 is 2.04 bits per heavy atom. The van der Waals surface area contributed by atoms with E-state index in [4.69, 9.17) is 4.74 Å². The summed E-state index contributed by atoms with van der Waals surface area (Å²) in [6.45, 7) is 8.23. The molecule has 140 valence electrons. The zero-order chi connectivity index (χ0) is 16.9. The van der Waals surface area contributed by atoms with Gasteiger partial charge < -0.3 is 20.3 Å². The van der Waals surface area contributed by atoms with E-state index in [1.54, 1.807) is 7.05 Å². The van der Waals surface area contributed by atoms with Gasteiger partial charge in [0.2, 0.25) is 5.91 Å². The van der Waals surface area contributed by atoms with Crippen LogP contribution in [0, 0.1) is 10.8 Å². The number of aliphatic imine (C=N–C) groups is 1. The largest absolute Gasteiger partial charge is 0.381 e. The fourth-order valence-corrected chi connectivity index (χ4v) is 3.67. The monoisotopic (exact) mass is 452 g/mol. The Morgan fingerprint density at radius 3 is 2.62 bits per heavy atom. The van der Waals surface area contributed by atoms with Crippen molar-refractivity contribution in [2.45, 2.75) is 39.5 Å². The lowest BCUT2D eigenvalue weighted by atomic mass is 9.76. The van der Waals surface area contributed by atoms with E-state index in [-0.39, 0.29) is 35.3 Å². The summed E-state index contributed by atoms with van der Waals surface area (Å²) < 4.78 is 5.74. The Hall–Kier alpha value is -0.570. The lowest BCUT2D eigenvalue weighted by Crippen LogP contribution is -2.54. The standard InChI is InChI=1S/C17H32N4O2.HI/c1-16(2,14(22)18-3)11-20-15(19-4)21-9-5-7-17(12-21)8-6-10-23-13-17;/h5-13H2,1-4H3,(H,18,22)(H,19,20);1H. The van der Waals surface area contributed by atoms with Crippen LogP contribution in [0.15, 0.2) is 4.99 Å². The number of nitrogens with one attached hydrogen (secondary N) is 2. The summed E-state index contributed by atoms with van der Waals surface area (Å²) in [5.74, 6) is 0.933. The number of ether oxygens (including phenoxy) is 1. The van der Waals surface area contributed by atoms with Gasteiger partial charge in [-0.1, -0.05) is 0 Å². The first-order chi connectivity index (χ1) is 10.9. The van der Waals surface area contributed by atoms with Gasteiger partial charge in [0, 0.05) is 45.8 Å². The van der Waals surface area contributed by atoms with Crippen molar-refractivity contribution >= 4 is 35.8 Å². The normalized spacial score (nSPS) is 25.2. The first-order valence-corrected chi connectivity index (χ1v) is 8.68. The Balaban J connectivity index is 0.00000288. The maximum absolute atomic E-state index is 11.9. The Bertz CT molecular complexity index is 442. The first kappa shape index (κ1) is 21.5. The van der Waals surface area contributed by atoms with Crippen LogP contribution in [0.3, 0.4) is 0 Å². The van der Waals surface area contributed by atoms with Gasteiger partial charge in [-0.15, -0.1) is 24.0 Å². The Morgan fingerprint density at radius 1 is 1.33 bits per heavy atom. The van der Waals surface area contributed by atoms with Crippen LogP contribution in [0.5, 0.6) is 0 Å². The molecule has 0 bridgehead atoms. The summed E-state index contributed by atoms with van der Waals surface area (Å²) in [5, 5.41) is 6.12. The zero-order valence-electron chi connectivity index (χ0n) is 15.5. The number of amides is 1. The Labute approximate surface area is 163 Å². The van der Waals surface area contributed by atoms with Crippen LogP contribution in [0.2, 0.25) is 0 Å². The van der Waals surface area contributed by atoms with Crippen molar-refractivity contribution in [1.29, 1.82) is 0 Å². The number of guanidine groups is 1. The molecular formula is C17H33IN4O2. The average molecular weight is 452 g/mol. The molecule has 1 spiro atoms. The fraction of sp³-hybridized carbons (Fsp3) is 0.882. The molecule has 0 aliphatic carbocycles. The molecule has 2 rings (SSSR count). The van der Waals surface area contributed by atoms with Gasteiger partial charge in [0.15, 0.2) is 5.96 Å². The number of nitrogens with zero attached hydrogens (tertiary/aromatic N) is 2. The van der Waals surface area contributed by atoms with Gasteiger partial charge in [0.1, 0.15) is 0 Å². The number of rotatable bonds is 3. The van der Waals surface area contributed by atoms with Crippen LogP contribution >= 0.6 is 24.0 Å². The van der Waals surface area contributed by atoms with E-state index in [1.165, 1.54) is 19.3 Å². The molecule has 0 aromatic carbocycles. The van der Waals surface area contributed by atoms with Crippen LogP contribution in [0.4, 0.5) is 0 Å². The van der Waals surface area contributed by atoms with Gasteiger partial charge in [0.05, 0.1) is 12.0 Å². The summed E-state index contributed by atoms with van der Waals surface area (Å²) in [6, 6.07) is 0. The summed E-state index contributed by atoms with van der Waals surface area (Å²) >= 11 is 0. The third-order valence-corrected chi connectivity index (χ3v) is 5.11. The van der Waals surface area contributed by atoms with Crippen molar-refractivity contribution in [1.82, 2.24) is 15.5 Å². The molecule has 0 aromatic heterocycles. The molecule has 1 unspecified atom stereocenters. The number of likely N-dealkylation sites (tertiary alicyclic amines) is 1. The number of carbonyl (C=O) groups excluding carboxylic acids is 1. The summed E-state index contributed by atoms with van der Waals surface area (Å²) in [5.41, 5.74) is -0.184. The second-order valence-corrected chi connectivity index (χ2v) is 7.55. The average Bonchev–Trinajstić information content (AvgIpc) is 2.55. The smallest absolute Gasteiger partial charge is 0.227 e. The van der Waals surface area contributed by atoms with Crippen molar-refractivity contribution < 1.29 is 9.53 Å². The molecule has 24 heavy (non-hydrogen) atoms. The molecule has 0 saturated carbocycles. The van der Waals surface area contributed by atoms with Gasteiger partial charge in [-0.2, -0.15) is 0 Å². The third kappa shape index (κ3) is 5.21. The molecule has 2 fully saturated rings. The van der Waals surface area contributed by atoms with Crippen molar-refractivity contribution in [2.24, 2.45) is 15.8 Å². The fourth-order valence-electron chi connectivity index (χ4n) is 3.67. The highest BCUT2D eigenvalue weighted by atomic mass is 127. The van der Waals surface area contributed by atoms with Crippen LogP contribution < -0.4 is 10.6 Å². The lowest BCUT2D eigenvalue weighted by molar-refractivity contribution is -0.128. The molecule has 2 aliphatic rings. The second kappa shape index (κ2) is 9.22. The highest BCUT2D eigenvalue weighted by Crippen LogP contribution is 2.37. The highest BCUT2D eigenvalue weighted by Gasteiger charge is 2.38. The van der Waals surface area contributed by atoms with Crippen LogP contribution in [-0.2, 0) is 9.53 Å². The van der Waals surface area contributed by atoms with E-state index in [0.29, 0.717) is 6.54 Å². The van der Waals surface area contributed by atoms with E-state index in [9.17, 15) is 4.79 Å². The minimum atomic E-state index is -0.466. The van der Waals surface area contributed by atoms with Gasteiger partial charge in [0.25, 0.3) is 0 Å². The number of halogens is 1. The van der Waals surface area contributed by atoms with Crippen molar-refractivity contribution in [3.05, 3.63) is 0 Å². The van der Waals surface area contributed by atoms with Crippen molar-refractivity contribution in [3.8, 4) is 0 Å². The summed E-state index contributed by atoms with van der Waals surface area (Å²) in [4.78, 5) is 18.7. The minimum Gasteiger partial charge on any atom is -0.381 e. The van der Waals surface area contributed by atoms with E-state index in [1.807, 2.05) is 20.9 Å². The predicted molar refractivity (Wildman–Crippen MR) is 108 cm³/mol. The third-order valence-electron chi connectivity index (χ3n) is 5.11. The van der Waals surface area contributed by atoms with Crippen LogP contribution in [0.25, 0.3) is 0 Å². The predicted octanol–water partition coefficient (Wildman–Crippen LogP) is 1.84.